The van der Waals surface area contributed by atoms with Crippen molar-refractivity contribution < 1.29 is 4.74 Å². The van der Waals surface area contributed by atoms with Crippen LogP contribution in [0.5, 0.6) is 0 Å². The van der Waals surface area contributed by atoms with E-state index in [1.165, 1.54) is 26.1 Å². The predicted octanol–water partition coefficient (Wildman–Crippen LogP) is 0.766. The minimum atomic E-state index is -0.0585. The van der Waals surface area contributed by atoms with Crippen molar-refractivity contribution in [2.24, 2.45) is 17.1 Å². The number of likely N-dealkylation sites (N-methyl/N-ethyl adjacent to an activating group) is 1. The quantitative estimate of drug-likeness (QED) is 0.802. The Hall–Kier alpha value is -0.160. The minimum Gasteiger partial charge on any atom is -0.377 e. The molecule has 1 aliphatic carbocycles. The number of fused-ring (bicyclic) bond motifs is 1. The molecule has 2 heterocycles. The molecule has 2 aliphatic heterocycles. The first-order chi connectivity index (χ1) is 8.95. The van der Waals surface area contributed by atoms with Gasteiger partial charge in [0, 0.05) is 43.1 Å². The molecule has 3 rings (SSSR count). The lowest BCUT2D eigenvalue weighted by atomic mass is 9.48. The number of rotatable bonds is 2. The van der Waals surface area contributed by atoms with Gasteiger partial charge < -0.3 is 20.3 Å². The summed E-state index contributed by atoms with van der Waals surface area (Å²) < 4.78 is 5.89. The van der Waals surface area contributed by atoms with Gasteiger partial charge >= 0.3 is 0 Å². The molecule has 0 radical (unpaired) electrons. The number of hydrogen-bond acceptors (Lipinski definition) is 4. The first-order valence-electron chi connectivity index (χ1n) is 7.76. The maximum absolute atomic E-state index is 6.85. The molecule has 4 nitrogen and oxygen atoms in total. The average Bonchev–Trinajstić information content (AvgIpc) is 2.75. The van der Waals surface area contributed by atoms with Crippen molar-refractivity contribution in [3.8, 4) is 0 Å². The number of ether oxygens (including phenoxy) is 1. The van der Waals surface area contributed by atoms with E-state index in [9.17, 15) is 0 Å². The van der Waals surface area contributed by atoms with E-state index >= 15 is 0 Å². The third-order valence-corrected chi connectivity index (χ3v) is 5.96. The molecule has 2 N–H and O–H groups in total. The monoisotopic (exact) mass is 267 g/mol. The normalized spacial score (nSPS) is 43.6. The van der Waals surface area contributed by atoms with Gasteiger partial charge in [0.15, 0.2) is 0 Å². The zero-order valence-electron chi connectivity index (χ0n) is 12.7. The molecule has 0 aromatic rings. The maximum atomic E-state index is 6.85. The van der Waals surface area contributed by atoms with Crippen molar-refractivity contribution in [3.05, 3.63) is 0 Å². The van der Waals surface area contributed by atoms with Gasteiger partial charge in [-0.15, -0.1) is 0 Å². The van der Waals surface area contributed by atoms with Crippen LogP contribution in [-0.4, -0.2) is 67.8 Å². The molecule has 110 valence electrons. The Morgan fingerprint density at radius 1 is 1.21 bits per heavy atom. The molecule has 0 amide bonds. The van der Waals surface area contributed by atoms with Gasteiger partial charge in [-0.05, 0) is 33.0 Å². The number of hydrogen-bond donors (Lipinski definition) is 1. The lowest BCUT2D eigenvalue weighted by Crippen LogP contribution is -2.78. The van der Waals surface area contributed by atoms with Gasteiger partial charge in [-0.2, -0.15) is 0 Å². The van der Waals surface area contributed by atoms with Crippen LogP contribution in [-0.2, 0) is 4.74 Å². The minimum absolute atomic E-state index is 0.0585. The van der Waals surface area contributed by atoms with Crippen molar-refractivity contribution in [2.45, 2.75) is 38.3 Å². The predicted molar refractivity (Wildman–Crippen MR) is 77.1 cm³/mol. The van der Waals surface area contributed by atoms with Gasteiger partial charge in [0.05, 0.1) is 6.10 Å². The first kappa shape index (κ1) is 13.8. The highest BCUT2D eigenvalue weighted by Crippen LogP contribution is 2.58. The Balaban J connectivity index is 1.68. The molecule has 3 fully saturated rings. The zero-order valence-corrected chi connectivity index (χ0v) is 12.7. The fourth-order valence-electron chi connectivity index (χ4n) is 4.42. The second kappa shape index (κ2) is 4.69. The summed E-state index contributed by atoms with van der Waals surface area (Å²) in [6.45, 7) is 11.3. The van der Waals surface area contributed by atoms with Gasteiger partial charge in [0.25, 0.3) is 0 Å². The average molecular weight is 267 g/mol. The smallest absolute Gasteiger partial charge is 0.0691 e. The van der Waals surface area contributed by atoms with E-state index in [0.717, 1.165) is 26.1 Å². The largest absolute Gasteiger partial charge is 0.377 e. The molecular weight excluding hydrogens is 238 g/mol. The fraction of sp³-hybridized carbons (Fsp3) is 1.00. The molecule has 3 aliphatic rings. The molecule has 3 unspecified atom stereocenters. The second-order valence-corrected chi connectivity index (χ2v) is 7.38. The van der Waals surface area contributed by atoms with Gasteiger partial charge in [-0.1, -0.05) is 13.8 Å². The van der Waals surface area contributed by atoms with Crippen LogP contribution in [0.2, 0.25) is 0 Å². The summed E-state index contributed by atoms with van der Waals surface area (Å²) >= 11 is 0. The molecular formula is C15H29N3O. The van der Waals surface area contributed by atoms with E-state index in [1.807, 2.05) is 0 Å². The van der Waals surface area contributed by atoms with E-state index in [2.05, 4.69) is 30.7 Å². The van der Waals surface area contributed by atoms with Gasteiger partial charge in [0.2, 0.25) is 0 Å². The van der Waals surface area contributed by atoms with E-state index in [0.29, 0.717) is 12.0 Å². The van der Waals surface area contributed by atoms with Crippen LogP contribution in [0, 0.1) is 11.3 Å². The van der Waals surface area contributed by atoms with Crippen molar-refractivity contribution in [3.63, 3.8) is 0 Å². The Bertz CT molecular complexity index is 346. The highest BCUT2D eigenvalue weighted by molar-refractivity contribution is 5.21. The van der Waals surface area contributed by atoms with E-state index in [4.69, 9.17) is 10.5 Å². The van der Waals surface area contributed by atoms with Crippen LogP contribution in [0.25, 0.3) is 0 Å². The van der Waals surface area contributed by atoms with Crippen molar-refractivity contribution in [1.82, 2.24) is 9.80 Å². The SMILES string of the molecule is CN1CCCN(CC2(N)C3CCOC3C2(C)C)CC1. The fourth-order valence-corrected chi connectivity index (χ4v) is 4.42. The molecule has 4 heteroatoms. The standard InChI is InChI=1S/C15H29N3O/c1-14(2)13-12(5-10-19-13)15(14,16)11-18-7-4-6-17(3)8-9-18/h12-13H,4-11,16H2,1-3H3. The Labute approximate surface area is 117 Å². The van der Waals surface area contributed by atoms with Crippen molar-refractivity contribution in [1.29, 1.82) is 0 Å². The van der Waals surface area contributed by atoms with E-state index in [1.54, 1.807) is 0 Å². The van der Waals surface area contributed by atoms with Gasteiger partial charge in [-0.25, -0.2) is 0 Å². The van der Waals surface area contributed by atoms with Crippen LogP contribution in [0.15, 0.2) is 0 Å². The topological polar surface area (TPSA) is 41.7 Å². The first-order valence-corrected chi connectivity index (χ1v) is 7.76. The Kier molecular flexibility index (Phi) is 3.41. The molecule has 2 saturated heterocycles. The summed E-state index contributed by atoms with van der Waals surface area (Å²) in [6, 6.07) is 0. The highest BCUT2D eigenvalue weighted by atomic mass is 16.5. The van der Waals surface area contributed by atoms with Gasteiger partial charge in [0.1, 0.15) is 0 Å². The lowest BCUT2D eigenvalue weighted by Gasteiger charge is -2.63. The third kappa shape index (κ3) is 2.04. The van der Waals surface area contributed by atoms with Crippen molar-refractivity contribution >= 4 is 0 Å². The second-order valence-electron chi connectivity index (χ2n) is 7.38. The Morgan fingerprint density at radius 3 is 2.79 bits per heavy atom. The van der Waals surface area contributed by atoms with Crippen LogP contribution < -0.4 is 5.73 Å². The molecule has 1 saturated carbocycles. The summed E-state index contributed by atoms with van der Waals surface area (Å²) in [4.78, 5) is 5.01. The van der Waals surface area contributed by atoms with Crippen LogP contribution in [0.3, 0.4) is 0 Å². The van der Waals surface area contributed by atoms with Crippen molar-refractivity contribution in [2.75, 3.05) is 46.4 Å². The summed E-state index contributed by atoms with van der Waals surface area (Å²) in [5.41, 5.74) is 6.91. The summed E-state index contributed by atoms with van der Waals surface area (Å²) in [7, 11) is 2.22. The summed E-state index contributed by atoms with van der Waals surface area (Å²) in [5, 5.41) is 0. The third-order valence-electron chi connectivity index (χ3n) is 5.96. The van der Waals surface area contributed by atoms with Crippen LogP contribution in [0.4, 0.5) is 0 Å². The Morgan fingerprint density at radius 2 is 2.00 bits per heavy atom. The molecule has 0 bridgehead atoms. The molecule has 3 atom stereocenters. The maximum Gasteiger partial charge on any atom is 0.0691 e. The molecule has 0 spiro atoms. The highest BCUT2D eigenvalue weighted by Gasteiger charge is 2.67. The zero-order chi connectivity index (χ0) is 13.7. The van der Waals surface area contributed by atoms with Crippen LogP contribution >= 0.6 is 0 Å². The summed E-state index contributed by atoms with van der Waals surface area (Å²) in [5.74, 6) is 0.573. The number of nitrogens with zero attached hydrogens (tertiary/aromatic N) is 2. The van der Waals surface area contributed by atoms with Crippen LogP contribution in [0.1, 0.15) is 26.7 Å². The lowest BCUT2D eigenvalue weighted by molar-refractivity contribution is -0.163. The van der Waals surface area contributed by atoms with Gasteiger partial charge in [-0.3, -0.25) is 0 Å². The molecule has 0 aromatic carbocycles. The molecule has 0 aromatic heterocycles. The number of nitrogens with two attached hydrogens (primary N) is 1. The van der Waals surface area contributed by atoms with E-state index in [-0.39, 0.29) is 11.0 Å². The van der Waals surface area contributed by atoms with E-state index < -0.39 is 0 Å². The summed E-state index contributed by atoms with van der Waals surface area (Å²) in [6.07, 6.45) is 2.81. The molecule has 19 heavy (non-hydrogen) atoms.